The molecule has 0 spiro atoms. The van der Waals surface area contributed by atoms with Gasteiger partial charge < -0.3 is 21.8 Å². The van der Waals surface area contributed by atoms with Gasteiger partial charge >= 0.3 is 29.1 Å². The van der Waals surface area contributed by atoms with E-state index in [2.05, 4.69) is 39.3 Å². The van der Waals surface area contributed by atoms with Crippen molar-refractivity contribution in [1.29, 1.82) is 0 Å². The average molecular weight is 569 g/mol. The van der Waals surface area contributed by atoms with Crippen molar-refractivity contribution in [3.63, 3.8) is 0 Å². The second-order valence-corrected chi connectivity index (χ2v) is 26.5. The Morgan fingerprint density at radius 2 is 1.28 bits per heavy atom. The Labute approximate surface area is 221 Å². The zero-order chi connectivity index (χ0) is 27.8. The molecule has 202 valence electrons. The van der Waals surface area contributed by atoms with E-state index in [0.717, 1.165) is 17.7 Å². The lowest BCUT2D eigenvalue weighted by molar-refractivity contribution is -0.139. The first-order chi connectivity index (χ1) is 16.4. The standard InChI is InChI=1S/C25H44O7Si4/c1-21(2)24(26)28-18-15-19-33(5,6)30-35(9,10)32-36(11,23-16-13-12-14-17-23)31-34(7,8)20-29-25(27)22(3)4/h12-14,16-17H,1,3,15,18-20H2,2,4-11H3. The minimum absolute atomic E-state index is 0.212. The molecule has 1 aromatic carbocycles. The molecule has 0 bridgehead atoms. The summed E-state index contributed by atoms with van der Waals surface area (Å²) >= 11 is 0. The molecule has 0 radical (unpaired) electrons. The molecular formula is C25H44O7Si4. The maximum absolute atomic E-state index is 12.0. The Bertz CT molecular complexity index is 932. The van der Waals surface area contributed by atoms with Crippen LogP contribution < -0.4 is 5.19 Å². The number of rotatable bonds is 15. The lowest BCUT2D eigenvalue weighted by atomic mass is 10.4. The van der Waals surface area contributed by atoms with Crippen LogP contribution in [0.25, 0.3) is 0 Å². The van der Waals surface area contributed by atoms with Crippen LogP contribution in [0.1, 0.15) is 20.3 Å². The molecular weight excluding hydrogens is 525 g/mol. The highest BCUT2D eigenvalue weighted by Gasteiger charge is 2.47. The number of hydrogen-bond acceptors (Lipinski definition) is 7. The molecule has 1 rings (SSSR count). The third-order valence-electron chi connectivity index (χ3n) is 5.14. The summed E-state index contributed by atoms with van der Waals surface area (Å²) in [5.41, 5.74) is 0.762. The van der Waals surface area contributed by atoms with Gasteiger partial charge in [-0.2, -0.15) is 0 Å². The van der Waals surface area contributed by atoms with Crippen LogP contribution in [0.3, 0.4) is 0 Å². The van der Waals surface area contributed by atoms with Gasteiger partial charge in [-0.15, -0.1) is 0 Å². The third-order valence-corrected chi connectivity index (χ3v) is 20.4. The second-order valence-electron chi connectivity index (χ2n) is 10.9. The number of carbonyl (C=O) groups excluding carboxylic acids is 2. The van der Waals surface area contributed by atoms with Crippen molar-refractivity contribution in [2.24, 2.45) is 0 Å². The van der Waals surface area contributed by atoms with E-state index in [4.69, 9.17) is 21.8 Å². The summed E-state index contributed by atoms with van der Waals surface area (Å²) in [5, 5.41) is 1.01. The fraction of sp³-hybridized carbons (Fsp3) is 0.520. The van der Waals surface area contributed by atoms with E-state index in [9.17, 15) is 9.59 Å². The van der Waals surface area contributed by atoms with Gasteiger partial charge in [-0.1, -0.05) is 43.5 Å². The molecule has 0 fully saturated rings. The van der Waals surface area contributed by atoms with E-state index in [1.54, 1.807) is 13.8 Å². The van der Waals surface area contributed by atoms with E-state index in [0.29, 0.717) is 17.8 Å². The highest BCUT2D eigenvalue weighted by molar-refractivity contribution is 6.95. The molecule has 0 aliphatic carbocycles. The van der Waals surface area contributed by atoms with Gasteiger partial charge in [0.1, 0.15) is 6.23 Å². The van der Waals surface area contributed by atoms with Crippen LogP contribution >= 0.6 is 0 Å². The van der Waals surface area contributed by atoms with E-state index >= 15 is 0 Å². The Morgan fingerprint density at radius 3 is 1.81 bits per heavy atom. The van der Waals surface area contributed by atoms with Gasteiger partial charge in [0.05, 0.1) is 6.61 Å². The molecule has 1 atom stereocenters. The maximum Gasteiger partial charge on any atom is 0.350 e. The Balaban J connectivity index is 2.98. The minimum Gasteiger partial charge on any atom is -0.463 e. The minimum atomic E-state index is -2.93. The molecule has 0 heterocycles. The van der Waals surface area contributed by atoms with Gasteiger partial charge in [-0.05, 0) is 77.3 Å². The van der Waals surface area contributed by atoms with Crippen LogP contribution in [0.15, 0.2) is 54.6 Å². The van der Waals surface area contributed by atoms with Crippen molar-refractivity contribution in [2.45, 2.75) is 72.1 Å². The van der Waals surface area contributed by atoms with Crippen LogP contribution in [-0.2, 0) is 31.4 Å². The van der Waals surface area contributed by atoms with Crippen molar-refractivity contribution in [3.8, 4) is 0 Å². The predicted molar refractivity (Wildman–Crippen MR) is 154 cm³/mol. The van der Waals surface area contributed by atoms with Gasteiger partial charge in [0.25, 0.3) is 0 Å². The van der Waals surface area contributed by atoms with Crippen LogP contribution in [-0.4, -0.2) is 58.5 Å². The molecule has 0 aliphatic heterocycles. The molecule has 36 heavy (non-hydrogen) atoms. The molecule has 0 amide bonds. The number of benzene rings is 1. The summed E-state index contributed by atoms with van der Waals surface area (Å²) < 4.78 is 31.1. The van der Waals surface area contributed by atoms with Crippen LogP contribution in [0.5, 0.6) is 0 Å². The van der Waals surface area contributed by atoms with Gasteiger partial charge in [-0.3, -0.25) is 0 Å². The Kier molecular flexibility index (Phi) is 11.9. The summed E-state index contributed by atoms with van der Waals surface area (Å²) in [5.74, 6) is -0.779. The summed E-state index contributed by atoms with van der Waals surface area (Å²) in [6, 6.07) is 10.8. The monoisotopic (exact) mass is 568 g/mol. The Morgan fingerprint density at radius 1 is 0.750 bits per heavy atom. The smallest absolute Gasteiger partial charge is 0.350 e. The fourth-order valence-corrected chi connectivity index (χ4v) is 22.0. The first-order valence-corrected chi connectivity index (χ1v) is 23.6. The average Bonchev–Trinajstić information content (AvgIpc) is 2.73. The lowest BCUT2D eigenvalue weighted by Crippen LogP contribution is -2.64. The molecule has 0 saturated heterocycles. The number of hydrogen-bond donors (Lipinski definition) is 0. The van der Waals surface area contributed by atoms with Gasteiger partial charge in [0.2, 0.25) is 8.32 Å². The fourth-order valence-electron chi connectivity index (χ4n) is 3.79. The third kappa shape index (κ3) is 11.6. The molecule has 7 nitrogen and oxygen atoms in total. The normalized spacial score (nSPS) is 14.0. The van der Waals surface area contributed by atoms with Gasteiger partial charge in [0.15, 0.2) is 8.32 Å². The highest BCUT2D eigenvalue weighted by Crippen LogP contribution is 2.26. The molecule has 1 aromatic rings. The summed E-state index contributed by atoms with van der Waals surface area (Å²) in [4.78, 5) is 23.6. The van der Waals surface area contributed by atoms with Crippen molar-refractivity contribution < 1.29 is 31.4 Å². The van der Waals surface area contributed by atoms with Gasteiger partial charge in [0, 0.05) is 11.1 Å². The summed E-state index contributed by atoms with van der Waals surface area (Å²) in [6.07, 6.45) is 0.935. The molecule has 1 unspecified atom stereocenters. The number of carbonyl (C=O) groups is 2. The zero-order valence-electron chi connectivity index (χ0n) is 23.5. The molecule has 0 aliphatic rings. The second kappa shape index (κ2) is 13.3. The lowest BCUT2D eigenvalue weighted by Gasteiger charge is -2.42. The summed E-state index contributed by atoms with van der Waals surface area (Å²) in [6.45, 7) is 25.4. The van der Waals surface area contributed by atoms with Crippen LogP contribution in [0.2, 0.25) is 51.9 Å². The van der Waals surface area contributed by atoms with E-state index in [-0.39, 0.29) is 12.2 Å². The quantitative estimate of drug-likeness (QED) is 0.123. The highest BCUT2D eigenvalue weighted by atomic mass is 28.5. The summed E-state index contributed by atoms with van der Waals surface area (Å²) in [7, 11) is -10.2. The maximum atomic E-state index is 12.0. The topological polar surface area (TPSA) is 80.3 Å². The van der Waals surface area contributed by atoms with Crippen molar-refractivity contribution >= 4 is 50.9 Å². The first kappa shape index (κ1) is 32.4. The molecule has 0 aromatic heterocycles. The van der Waals surface area contributed by atoms with Crippen LogP contribution in [0, 0.1) is 0 Å². The SMILES string of the molecule is C=C(C)C(=O)OCCC[Si](C)(C)O[Si](C)(C)O[Si](C)(O[Si](C)(C)COC(=O)C(=C)C)c1ccccc1. The zero-order valence-corrected chi connectivity index (χ0v) is 27.5. The first-order valence-electron chi connectivity index (χ1n) is 12.2. The molecule has 0 N–H and O–H groups in total. The number of esters is 2. The van der Waals surface area contributed by atoms with Crippen molar-refractivity contribution in [1.82, 2.24) is 0 Å². The van der Waals surface area contributed by atoms with Crippen molar-refractivity contribution in [3.05, 3.63) is 54.6 Å². The van der Waals surface area contributed by atoms with E-state index in [1.807, 2.05) is 50.0 Å². The number of ether oxygens (including phenoxy) is 2. The van der Waals surface area contributed by atoms with Crippen molar-refractivity contribution in [2.75, 3.05) is 12.8 Å². The molecule has 11 heteroatoms. The largest absolute Gasteiger partial charge is 0.463 e. The van der Waals surface area contributed by atoms with Gasteiger partial charge in [-0.25, -0.2) is 9.59 Å². The van der Waals surface area contributed by atoms with E-state index in [1.165, 1.54) is 0 Å². The predicted octanol–water partition coefficient (Wildman–Crippen LogP) is 5.30. The Hall–Kier alpha value is -1.61. The van der Waals surface area contributed by atoms with E-state index < -0.39 is 39.7 Å². The molecule has 0 saturated carbocycles. The van der Waals surface area contributed by atoms with Crippen LogP contribution in [0.4, 0.5) is 0 Å².